The fourth-order valence-electron chi connectivity index (χ4n) is 0.637. The molecule has 0 saturated carbocycles. The van der Waals surface area contributed by atoms with E-state index in [0.29, 0.717) is 13.0 Å². The maximum atomic E-state index is 10.9. The van der Waals surface area contributed by atoms with Crippen LogP contribution in [0.2, 0.25) is 0 Å². The maximum Gasteiger partial charge on any atom is 0.309 e. The SMILES string of the molecule is C=C(C)CCOC(=O)CC(=C)C. The molecule has 0 spiro atoms. The molecule has 0 N–H and O–H groups in total. The highest BCUT2D eigenvalue weighted by atomic mass is 16.5. The maximum absolute atomic E-state index is 10.9. The van der Waals surface area contributed by atoms with Gasteiger partial charge in [0.25, 0.3) is 0 Å². The molecule has 0 aliphatic carbocycles. The smallest absolute Gasteiger partial charge is 0.309 e. The molecule has 2 heteroatoms. The lowest BCUT2D eigenvalue weighted by Crippen LogP contribution is -2.05. The molecule has 68 valence electrons. The summed E-state index contributed by atoms with van der Waals surface area (Å²) in [4.78, 5) is 10.9. The van der Waals surface area contributed by atoms with E-state index in [2.05, 4.69) is 13.2 Å². The van der Waals surface area contributed by atoms with Gasteiger partial charge in [0.2, 0.25) is 0 Å². The average Bonchev–Trinajstić information content (AvgIpc) is 1.84. The van der Waals surface area contributed by atoms with Crippen molar-refractivity contribution in [1.82, 2.24) is 0 Å². The van der Waals surface area contributed by atoms with Gasteiger partial charge in [-0.1, -0.05) is 17.7 Å². The first-order valence-corrected chi connectivity index (χ1v) is 3.96. The zero-order valence-electron chi connectivity index (χ0n) is 7.85. The van der Waals surface area contributed by atoms with Crippen LogP contribution in [0.25, 0.3) is 0 Å². The van der Waals surface area contributed by atoms with E-state index in [-0.39, 0.29) is 5.97 Å². The zero-order valence-corrected chi connectivity index (χ0v) is 7.85. The second-order valence-corrected chi connectivity index (χ2v) is 3.06. The van der Waals surface area contributed by atoms with Gasteiger partial charge in [-0.05, 0) is 13.8 Å². The van der Waals surface area contributed by atoms with Gasteiger partial charge >= 0.3 is 5.97 Å². The minimum absolute atomic E-state index is 0.205. The van der Waals surface area contributed by atoms with Gasteiger partial charge in [0.15, 0.2) is 0 Å². The molecule has 2 nitrogen and oxygen atoms in total. The summed E-state index contributed by atoms with van der Waals surface area (Å²) in [6, 6.07) is 0. The van der Waals surface area contributed by atoms with E-state index in [0.717, 1.165) is 17.6 Å². The van der Waals surface area contributed by atoms with Crippen LogP contribution in [0.4, 0.5) is 0 Å². The third kappa shape index (κ3) is 7.06. The average molecular weight is 168 g/mol. The van der Waals surface area contributed by atoms with Crippen LogP contribution in [0.15, 0.2) is 24.3 Å². The lowest BCUT2D eigenvalue weighted by Gasteiger charge is -2.03. The van der Waals surface area contributed by atoms with Gasteiger partial charge in [-0.25, -0.2) is 0 Å². The zero-order chi connectivity index (χ0) is 9.56. The van der Waals surface area contributed by atoms with Gasteiger partial charge in [0, 0.05) is 6.42 Å². The molecule has 0 aliphatic rings. The van der Waals surface area contributed by atoms with E-state index < -0.39 is 0 Å². The fraction of sp³-hybridized carbons (Fsp3) is 0.500. The van der Waals surface area contributed by atoms with Crippen molar-refractivity contribution < 1.29 is 9.53 Å². The van der Waals surface area contributed by atoms with Crippen LogP contribution in [-0.2, 0) is 9.53 Å². The molecular formula is C10H16O2. The van der Waals surface area contributed by atoms with Crippen LogP contribution in [0.1, 0.15) is 26.7 Å². The Morgan fingerprint density at radius 1 is 1.25 bits per heavy atom. The summed E-state index contributed by atoms with van der Waals surface area (Å²) in [7, 11) is 0. The second kappa shape index (κ2) is 5.58. The third-order valence-electron chi connectivity index (χ3n) is 1.24. The highest BCUT2D eigenvalue weighted by Crippen LogP contribution is 2.00. The standard InChI is InChI=1S/C10H16O2/c1-8(2)5-6-12-10(11)7-9(3)4/h1,3,5-7H2,2,4H3. The first-order valence-electron chi connectivity index (χ1n) is 3.96. The van der Waals surface area contributed by atoms with Gasteiger partial charge in [0.05, 0.1) is 13.0 Å². The molecule has 0 rings (SSSR count). The summed E-state index contributed by atoms with van der Waals surface area (Å²) in [5, 5.41) is 0. The lowest BCUT2D eigenvalue weighted by atomic mass is 10.2. The van der Waals surface area contributed by atoms with Gasteiger partial charge in [-0.2, -0.15) is 0 Å². The van der Waals surface area contributed by atoms with Gasteiger partial charge in [-0.3, -0.25) is 4.79 Å². The second-order valence-electron chi connectivity index (χ2n) is 3.06. The summed E-state index contributed by atoms with van der Waals surface area (Å²) in [5.41, 5.74) is 1.86. The predicted octanol–water partition coefficient (Wildman–Crippen LogP) is 2.46. The Hall–Kier alpha value is -1.05. The summed E-state index contributed by atoms with van der Waals surface area (Å²) in [6.07, 6.45) is 1.05. The van der Waals surface area contributed by atoms with E-state index in [1.165, 1.54) is 0 Å². The third-order valence-corrected chi connectivity index (χ3v) is 1.24. The van der Waals surface area contributed by atoms with Crippen molar-refractivity contribution in [2.24, 2.45) is 0 Å². The largest absolute Gasteiger partial charge is 0.465 e. The molecule has 0 atom stereocenters. The minimum atomic E-state index is -0.205. The first kappa shape index (κ1) is 11.0. The van der Waals surface area contributed by atoms with E-state index in [4.69, 9.17) is 4.74 Å². The van der Waals surface area contributed by atoms with E-state index in [9.17, 15) is 4.79 Å². The minimum Gasteiger partial charge on any atom is -0.465 e. The van der Waals surface area contributed by atoms with Crippen LogP contribution >= 0.6 is 0 Å². The number of rotatable bonds is 5. The topological polar surface area (TPSA) is 26.3 Å². The quantitative estimate of drug-likeness (QED) is 0.465. The van der Waals surface area contributed by atoms with Gasteiger partial charge in [0.1, 0.15) is 0 Å². The molecule has 0 saturated heterocycles. The summed E-state index contributed by atoms with van der Waals surface area (Å²) >= 11 is 0. The molecule has 0 aromatic carbocycles. The summed E-state index contributed by atoms with van der Waals surface area (Å²) in [5.74, 6) is -0.205. The number of esters is 1. The van der Waals surface area contributed by atoms with Gasteiger partial charge in [-0.15, -0.1) is 6.58 Å². The molecule has 0 aromatic heterocycles. The normalized spacial score (nSPS) is 9.17. The van der Waals surface area contributed by atoms with Crippen molar-refractivity contribution >= 4 is 5.97 Å². The Kier molecular flexibility index (Phi) is 5.09. The number of ether oxygens (including phenoxy) is 1. The van der Waals surface area contributed by atoms with Crippen LogP contribution < -0.4 is 0 Å². The van der Waals surface area contributed by atoms with Crippen LogP contribution in [0.5, 0.6) is 0 Å². The number of hydrogen-bond acceptors (Lipinski definition) is 2. The number of hydrogen-bond donors (Lipinski definition) is 0. The molecule has 0 aliphatic heterocycles. The molecule has 0 unspecified atom stereocenters. The Morgan fingerprint density at radius 3 is 2.25 bits per heavy atom. The molecule has 12 heavy (non-hydrogen) atoms. The van der Waals surface area contributed by atoms with Crippen molar-refractivity contribution in [1.29, 1.82) is 0 Å². The summed E-state index contributed by atoms with van der Waals surface area (Å²) < 4.78 is 4.90. The number of carbonyl (C=O) groups excluding carboxylic acids is 1. The molecular weight excluding hydrogens is 152 g/mol. The molecule has 0 amide bonds. The highest BCUT2D eigenvalue weighted by Gasteiger charge is 2.01. The Balaban J connectivity index is 3.44. The molecule has 0 bridgehead atoms. The van der Waals surface area contributed by atoms with E-state index in [1.807, 2.05) is 6.92 Å². The van der Waals surface area contributed by atoms with Crippen LogP contribution in [0, 0.1) is 0 Å². The van der Waals surface area contributed by atoms with Crippen molar-refractivity contribution in [2.45, 2.75) is 26.7 Å². The van der Waals surface area contributed by atoms with E-state index in [1.54, 1.807) is 6.92 Å². The molecule has 0 radical (unpaired) electrons. The fourth-order valence-corrected chi connectivity index (χ4v) is 0.637. The Bertz CT molecular complexity index is 192. The molecule has 0 fully saturated rings. The molecule has 0 heterocycles. The monoisotopic (exact) mass is 168 g/mol. The Labute approximate surface area is 73.9 Å². The first-order chi connectivity index (χ1) is 5.52. The van der Waals surface area contributed by atoms with Gasteiger partial charge < -0.3 is 4.74 Å². The lowest BCUT2D eigenvalue weighted by molar-refractivity contribution is -0.142. The predicted molar refractivity (Wildman–Crippen MR) is 49.8 cm³/mol. The van der Waals surface area contributed by atoms with Crippen molar-refractivity contribution in [2.75, 3.05) is 6.61 Å². The van der Waals surface area contributed by atoms with Crippen molar-refractivity contribution in [3.05, 3.63) is 24.3 Å². The molecule has 0 aromatic rings. The van der Waals surface area contributed by atoms with E-state index >= 15 is 0 Å². The Morgan fingerprint density at radius 2 is 1.83 bits per heavy atom. The van der Waals surface area contributed by atoms with Crippen LogP contribution in [-0.4, -0.2) is 12.6 Å². The highest BCUT2D eigenvalue weighted by molar-refractivity contribution is 5.72. The van der Waals surface area contributed by atoms with Crippen molar-refractivity contribution in [3.8, 4) is 0 Å². The number of carbonyl (C=O) groups is 1. The van der Waals surface area contributed by atoms with Crippen molar-refractivity contribution in [3.63, 3.8) is 0 Å². The summed E-state index contributed by atoms with van der Waals surface area (Å²) in [6.45, 7) is 11.5. The van der Waals surface area contributed by atoms with Crippen LogP contribution in [0.3, 0.4) is 0 Å².